The van der Waals surface area contributed by atoms with Gasteiger partial charge < -0.3 is 0 Å². The molecule has 0 radical (unpaired) electrons. The van der Waals surface area contributed by atoms with Crippen LogP contribution in [0, 0.1) is 10.1 Å². The van der Waals surface area contributed by atoms with Crippen molar-refractivity contribution in [1.82, 2.24) is 0 Å². The van der Waals surface area contributed by atoms with Crippen LogP contribution in [0.25, 0.3) is 0 Å². The molecule has 0 saturated heterocycles. The second-order valence-corrected chi connectivity index (χ2v) is 3.64. The first-order valence-corrected chi connectivity index (χ1v) is 4.71. The molecule has 78 valence electrons. The number of nitro benzene ring substituents is 1. The Morgan fingerprint density at radius 1 is 1.53 bits per heavy atom. The van der Waals surface area contributed by atoms with E-state index in [9.17, 15) is 19.7 Å². The standard InChI is InChI=1S/C9H6BrNO4/c1-5(13)9-6(4-12)7(10)2-3-8(9)11(14)15/h2-4H,1H3. The average Bonchev–Trinajstić information content (AvgIpc) is 2.16. The van der Waals surface area contributed by atoms with E-state index in [1.165, 1.54) is 19.1 Å². The van der Waals surface area contributed by atoms with Crippen molar-refractivity contribution in [1.29, 1.82) is 0 Å². The Balaban J connectivity index is 3.63. The third-order valence-electron chi connectivity index (χ3n) is 1.84. The number of carbonyl (C=O) groups excluding carboxylic acids is 2. The molecule has 0 atom stereocenters. The lowest BCUT2D eigenvalue weighted by Crippen LogP contribution is -2.05. The zero-order chi connectivity index (χ0) is 11.6. The Kier molecular flexibility index (Phi) is 3.31. The highest BCUT2D eigenvalue weighted by molar-refractivity contribution is 9.10. The van der Waals surface area contributed by atoms with Crippen LogP contribution in [-0.2, 0) is 0 Å². The summed E-state index contributed by atoms with van der Waals surface area (Å²) >= 11 is 3.05. The number of carbonyl (C=O) groups is 2. The van der Waals surface area contributed by atoms with Gasteiger partial charge in [-0.3, -0.25) is 19.7 Å². The monoisotopic (exact) mass is 271 g/mol. The zero-order valence-electron chi connectivity index (χ0n) is 7.69. The van der Waals surface area contributed by atoms with Crippen molar-refractivity contribution >= 4 is 33.7 Å². The van der Waals surface area contributed by atoms with Gasteiger partial charge in [-0.25, -0.2) is 0 Å². The maximum absolute atomic E-state index is 11.2. The van der Waals surface area contributed by atoms with Crippen LogP contribution in [0.5, 0.6) is 0 Å². The minimum absolute atomic E-state index is 0.0108. The van der Waals surface area contributed by atoms with Gasteiger partial charge >= 0.3 is 0 Å². The Morgan fingerprint density at radius 3 is 2.53 bits per heavy atom. The second kappa shape index (κ2) is 4.31. The van der Waals surface area contributed by atoms with Crippen LogP contribution in [-0.4, -0.2) is 17.0 Å². The Hall–Kier alpha value is -1.56. The summed E-state index contributed by atoms with van der Waals surface area (Å²) in [5, 5.41) is 10.6. The number of benzene rings is 1. The first-order chi connectivity index (χ1) is 6.99. The number of aldehydes is 1. The van der Waals surface area contributed by atoms with Crippen LogP contribution >= 0.6 is 15.9 Å². The third kappa shape index (κ3) is 2.10. The van der Waals surface area contributed by atoms with Gasteiger partial charge in [0.15, 0.2) is 12.1 Å². The third-order valence-corrected chi connectivity index (χ3v) is 2.53. The molecule has 1 rings (SSSR count). The number of hydrogen-bond donors (Lipinski definition) is 0. The summed E-state index contributed by atoms with van der Waals surface area (Å²) in [6.45, 7) is 1.18. The predicted molar refractivity (Wildman–Crippen MR) is 56.2 cm³/mol. The number of Topliss-reactive ketones (excluding diaryl/α,β-unsaturated/α-hetero) is 1. The first kappa shape index (κ1) is 11.5. The van der Waals surface area contributed by atoms with Gasteiger partial charge in [-0.1, -0.05) is 15.9 Å². The molecule has 0 aromatic heterocycles. The summed E-state index contributed by atoms with van der Waals surface area (Å²) in [6.07, 6.45) is 0.424. The summed E-state index contributed by atoms with van der Waals surface area (Å²) in [4.78, 5) is 31.9. The Morgan fingerprint density at radius 2 is 2.13 bits per heavy atom. The number of nitrogens with zero attached hydrogens (tertiary/aromatic N) is 1. The van der Waals surface area contributed by atoms with E-state index in [0.29, 0.717) is 10.8 Å². The Labute approximate surface area is 93.4 Å². The normalized spacial score (nSPS) is 9.73. The van der Waals surface area contributed by atoms with Gasteiger partial charge in [0, 0.05) is 16.1 Å². The van der Waals surface area contributed by atoms with Gasteiger partial charge in [-0.2, -0.15) is 0 Å². The van der Waals surface area contributed by atoms with E-state index in [0.717, 1.165) is 0 Å². The highest BCUT2D eigenvalue weighted by Crippen LogP contribution is 2.28. The largest absolute Gasteiger partial charge is 0.298 e. The van der Waals surface area contributed by atoms with Crippen LogP contribution in [0.3, 0.4) is 0 Å². The molecule has 1 aromatic carbocycles. The SMILES string of the molecule is CC(=O)c1c([N+](=O)[O-])ccc(Br)c1C=O. The summed E-state index contributed by atoms with van der Waals surface area (Å²) in [7, 11) is 0. The fraction of sp³-hybridized carbons (Fsp3) is 0.111. The van der Waals surface area contributed by atoms with Crippen molar-refractivity contribution in [2.45, 2.75) is 6.92 Å². The van der Waals surface area contributed by atoms with E-state index >= 15 is 0 Å². The number of nitro groups is 1. The van der Waals surface area contributed by atoms with Gasteiger partial charge in [0.05, 0.1) is 4.92 Å². The summed E-state index contributed by atoms with van der Waals surface area (Å²) in [5.74, 6) is -0.509. The van der Waals surface area contributed by atoms with E-state index in [4.69, 9.17) is 0 Å². The highest BCUT2D eigenvalue weighted by Gasteiger charge is 2.22. The maximum Gasteiger partial charge on any atom is 0.280 e. The molecule has 5 nitrogen and oxygen atoms in total. The van der Waals surface area contributed by atoms with Gasteiger partial charge in [0.25, 0.3) is 5.69 Å². The molecule has 0 fully saturated rings. The first-order valence-electron chi connectivity index (χ1n) is 3.92. The smallest absolute Gasteiger partial charge is 0.280 e. The van der Waals surface area contributed by atoms with E-state index in [-0.39, 0.29) is 16.8 Å². The van der Waals surface area contributed by atoms with Crippen molar-refractivity contribution in [3.05, 3.63) is 37.8 Å². The van der Waals surface area contributed by atoms with Crippen molar-refractivity contribution < 1.29 is 14.5 Å². The van der Waals surface area contributed by atoms with Crippen molar-refractivity contribution in [3.8, 4) is 0 Å². The predicted octanol–water partition coefficient (Wildman–Crippen LogP) is 2.37. The van der Waals surface area contributed by atoms with Gasteiger partial charge in [0.2, 0.25) is 0 Å². The van der Waals surface area contributed by atoms with Gasteiger partial charge in [-0.05, 0) is 13.0 Å². The summed E-state index contributed by atoms with van der Waals surface area (Å²) in [6, 6.07) is 2.56. The molecule has 6 heteroatoms. The fourth-order valence-corrected chi connectivity index (χ4v) is 1.64. The van der Waals surface area contributed by atoms with Crippen LogP contribution in [0.15, 0.2) is 16.6 Å². The van der Waals surface area contributed by atoms with Crippen LogP contribution in [0.2, 0.25) is 0 Å². The van der Waals surface area contributed by atoms with Crippen LogP contribution in [0.1, 0.15) is 27.6 Å². The van der Waals surface area contributed by atoms with E-state index in [1.54, 1.807) is 0 Å². The maximum atomic E-state index is 11.2. The van der Waals surface area contributed by atoms with Crippen molar-refractivity contribution in [3.63, 3.8) is 0 Å². The lowest BCUT2D eigenvalue weighted by molar-refractivity contribution is -0.385. The molecular formula is C9H6BrNO4. The molecule has 0 N–H and O–H groups in total. The summed E-state index contributed by atoms with van der Waals surface area (Å²) < 4.78 is 0.369. The molecule has 0 aliphatic rings. The molecule has 1 aromatic rings. The number of hydrogen-bond acceptors (Lipinski definition) is 4. The quantitative estimate of drug-likeness (QED) is 0.366. The topological polar surface area (TPSA) is 77.3 Å². The van der Waals surface area contributed by atoms with Crippen LogP contribution in [0.4, 0.5) is 5.69 Å². The molecular weight excluding hydrogens is 266 g/mol. The number of rotatable bonds is 3. The lowest BCUT2D eigenvalue weighted by atomic mass is 10.0. The lowest BCUT2D eigenvalue weighted by Gasteiger charge is -2.03. The molecule has 0 amide bonds. The van der Waals surface area contributed by atoms with E-state index in [2.05, 4.69) is 15.9 Å². The van der Waals surface area contributed by atoms with Crippen LogP contribution < -0.4 is 0 Å². The average molecular weight is 272 g/mol. The summed E-state index contributed by atoms with van der Waals surface area (Å²) in [5.41, 5.74) is -0.506. The minimum Gasteiger partial charge on any atom is -0.298 e. The van der Waals surface area contributed by atoms with Crippen molar-refractivity contribution in [2.75, 3.05) is 0 Å². The molecule has 0 bridgehead atoms. The molecule has 0 saturated carbocycles. The van der Waals surface area contributed by atoms with Gasteiger partial charge in [-0.15, -0.1) is 0 Å². The van der Waals surface area contributed by atoms with E-state index < -0.39 is 10.7 Å². The van der Waals surface area contributed by atoms with E-state index in [1.807, 2.05) is 0 Å². The molecule has 0 heterocycles. The zero-order valence-corrected chi connectivity index (χ0v) is 9.28. The highest BCUT2D eigenvalue weighted by atomic mass is 79.9. The fourth-order valence-electron chi connectivity index (χ4n) is 1.22. The molecule has 0 unspecified atom stereocenters. The molecule has 0 spiro atoms. The minimum atomic E-state index is -0.684. The van der Waals surface area contributed by atoms with Gasteiger partial charge in [0.1, 0.15) is 5.56 Å². The van der Waals surface area contributed by atoms with Crippen molar-refractivity contribution in [2.24, 2.45) is 0 Å². The number of ketones is 1. The molecule has 15 heavy (non-hydrogen) atoms. The molecule has 0 aliphatic carbocycles. The second-order valence-electron chi connectivity index (χ2n) is 2.79. The number of halogens is 1. The molecule has 0 aliphatic heterocycles. The Bertz CT molecular complexity index is 456.